The largest absolute Gasteiger partial charge is 0.493 e. The lowest BCUT2D eigenvalue weighted by Crippen LogP contribution is -2.53. The van der Waals surface area contributed by atoms with Crippen molar-refractivity contribution in [2.45, 2.75) is 6.92 Å². The standard InChI is InChI=1S/C24H21N4O2/c1-2-29-22-15-19(30-18-9-4-3-5-10-18)11-12-20(22)24-27-23(17-7-6-8-17)21-16-26-13-14-28(21,24)25/h3-16H,2,25H2,1H3/q+1. The highest BCUT2D eigenvalue weighted by Crippen LogP contribution is 2.39. The first-order valence-electron chi connectivity index (χ1n) is 9.80. The molecule has 5 rings (SSSR count). The maximum absolute atomic E-state index is 6.81. The van der Waals surface area contributed by atoms with Crippen LogP contribution < -0.4 is 15.3 Å². The first-order chi connectivity index (χ1) is 14.7. The number of quaternary nitrogens is 1. The number of aliphatic imine (C=N–C) groups is 2. The van der Waals surface area contributed by atoms with E-state index in [0.717, 1.165) is 28.3 Å². The molecule has 0 amide bonds. The molecule has 148 valence electrons. The Kier molecular flexibility index (Phi) is 4.43. The van der Waals surface area contributed by atoms with Gasteiger partial charge in [0.1, 0.15) is 34.7 Å². The minimum absolute atomic E-state index is 0.0526. The Morgan fingerprint density at radius 1 is 1.07 bits per heavy atom. The normalized spacial score (nSPS) is 21.1. The molecule has 0 spiro atoms. The van der Waals surface area contributed by atoms with Crippen LogP contribution in [0.4, 0.5) is 0 Å². The third-order valence-corrected chi connectivity index (χ3v) is 5.09. The average molecular weight is 397 g/mol. The lowest BCUT2D eigenvalue weighted by molar-refractivity contribution is -0.750. The van der Waals surface area contributed by atoms with E-state index in [1.807, 2.05) is 79.9 Å². The number of nitrogens with zero attached hydrogens (tertiary/aromatic N) is 3. The fourth-order valence-electron chi connectivity index (χ4n) is 3.57. The number of fused-ring (bicyclic) bond motifs is 1. The number of benzene rings is 2. The van der Waals surface area contributed by atoms with Crippen molar-refractivity contribution >= 4 is 12.1 Å². The first kappa shape index (κ1) is 18.3. The van der Waals surface area contributed by atoms with Crippen LogP contribution in [0.2, 0.25) is 0 Å². The zero-order valence-corrected chi connectivity index (χ0v) is 16.5. The number of hydrogen-bond donors (Lipinski definition) is 1. The molecule has 30 heavy (non-hydrogen) atoms. The predicted octanol–water partition coefficient (Wildman–Crippen LogP) is 4.59. The van der Waals surface area contributed by atoms with Crippen LogP contribution in [-0.2, 0) is 0 Å². The Morgan fingerprint density at radius 2 is 1.90 bits per heavy atom. The van der Waals surface area contributed by atoms with E-state index in [-0.39, 0.29) is 4.59 Å². The molecule has 0 bridgehead atoms. The van der Waals surface area contributed by atoms with Gasteiger partial charge in [-0.1, -0.05) is 36.4 Å². The van der Waals surface area contributed by atoms with Crippen LogP contribution in [0.25, 0.3) is 0 Å². The van der Waals surface area contributed by atoms with Gasteiger partial charge < -0.3 is 9.47 Å². The maximum atomic E-state index is 6.81. The minimum Gasteiger partial charge on any atom is -0.493 e. The second kappa shape index (κ2) is 7.26. The molecule has 1 atom stereocenters. The Bertz CT molecular complexity index is 1190. The zero-order valence-electron chi connectivity index (χ0n) is 16.5. The molecule has 2 heterocycles. The highest BCUT2D eigenvalue weighted by Gasteiger charge is 2.45. The highest BCUT2D eigenvalue weighted by molar-refractivity contribution is 6.03. The van der Waals surface area contributed by atoms with E-state index < -0.39 is 0 Å². The first-order valence-corrected chi connectivity index (χ1v) is 9.80. The van der Waals surface area contributed by atoms with E-state index in [1.54, 1.807) is 12.4 Å². The van der Waals surface area contributed by atoms with Crippen molar-refractivity contribution in [2.24, 2.45) is 15.8 Å². The molecule has 0 saturated heterocycles. The van der Waals surface area contributed by atoms with Crippen molar-refractivity contribution in [3.63, 3.8) is 0 Å². The molecule has 6 nitrogen and oxygen atoms in total. The van der Waals surface area contributed by atoms with Crippen molar-refractivity contribution < 1.29 is 14.1 Å². The molecule has 0 fully saturated rings. The summed E-state index contributed by atoms with van der Waals surface area (Å²) >= 11 is 0. The summed E-state index contributed by atoms with van der Waals surface area (Å²) < 4.78 is 11.9. The van der Waals surface area contributed by atoms with Gasteiger partial charge in [0.25, 0.3) is 5.84 Å². The van der Waals surface area contributed by atoms with Crippen LogP contribution in [0.15, 0.2) is 106 Å². The number of allylic oxidation sites excluding steroid dienone is 4. The fourth-order valence-corrected chi connectivity index (χ4v) is 3.57. The molecule has 6 heteroatoms. The number of ether oxygens (including phenoxy) is 2. The average Bonchev–Trinajstić information content (AvgIpc) is 3.01. The molecule has 1 unspecified atom stereocenters. The van der Waals surface area contributed by atoms with E-state index in [0.29, 0.717) is 23.9 Å². The van der Waals surface area contributed by atoms with Crippen molar-refractivity contribution in [1.29, 1.82) is 0 Å². The SMILES string of the molecule is CCOc1cc(Oc2ccccc2)ccc1C1=NC(C2=CC=C2)=C2C=NC=C[N+]12N. The lowest BCUT2D eigenvalue weighted by Gasteiger charge is -2.27. The Morgan fingerprint density at radius 3 is 2.63 bits per heavy atom. The monoisotopic (exact) mass is 397 g/mol. The number of hydrogen-bond acceptors (Lipinski definition) is 5. The molecule has 3 aliphatic rings. The van der Waals surface area contributed by atoms with E-state index in [2.05, 4.69) is 4.99 Å². The smallest absolute Gasteiger partial charge is 0.269 e. The summed E-state index contributed by atoms with van der Waals surface area (Å²) in [5.74, 6) is 9.60. The van der Waals surface area contributed by atoms with E-state index in [1.165, 1.54) is 0 Å². The van der Waals surface area contributed by atoms with Crippen LogP contribution in [0.3, 0.4) is 0 Å². The maximum Gasteiger partial charge on any atom is 0.269 e. The van der Waals surface area contributed by atoms with Gasteiger partial charge >= 0.3 is 0 Å². The van der Waals surface area contributed by atoms with Gasteiger partial charge in [-0.25, -0.2) is 0 Å². The third kappa shape index (κ3) is 2.99. The number of nitrogens with two attached hydrogens (primary N) is 1. The van der Waals surface area contributed by atoms with Gasteiger partial charge in [0.2, 0.25) is 5.70 Å². The van der Waals surface area contributed by atoms with Gasteiger partial charge in [-0.2, -0.15) is 10.8 Å². The Labute approximate surface area is 174 Å². The molecule has 1 aliphatic carbocycles. The molecule has 2 N–H and O–H groups in total. The summed E-state index contributed by atoms with van der Waals surface area (Å²) in [5, 5.41) is 0. The summed E-state index contributed by atoms with van der Waals surface area (Å²) in [5.41, 5.74) is 3.51. The second-order valence-corrected chi connectivity index (χ2v) is 7.01. The third-order valence-electron chi connectivity index (χ3n) is 5.09. The molecule has 2 aromatic carbocycles. The van der Waals surface area contributed by atoms with Crippen LogP contribution in [-0.4, -0.2) is 23.2 Å². The molecular formula is C24H21N4O2+. The highest BCUT2D eigenvalue weighted by atomic mass is 16.5. The second-order valence-electron chi connectivity index (χ2n) is 7.01. The van der Waals surface area contributed by atoms with Crippen LogP contribution in [0.5, 0.6) is 17.2 Å². The van der Waals surface area contributed by atoms with Crippen molar-refractivity contribution in [1.82, 2.24) is 0 Å². The molecule has 2 aliphatic heterocycles. The van der Waals surface area contributed by atoms with Gasteiger partial charge in [0.15, 0.2) is 0 Å². The number of para-hydroxylation sites is 1. The summed E-state index contributed by atoms with van der Waals surface area (Å²) in [6.45, 7) is 2.46. The molecule has 2 aromatic rings. The topological polar surface area (TPSA) is 69.2 Å². The Balaban J connectivity index is 1.56. The van der Waals surface area contributed by atoms with Crippen LogP contribution in [0.1, 0.15) is 12.5 Å². The van der Waals surface area contributed by atoms with Gasteiger partial charge in [-0.15, -0.1) is 4.59 Å². The minimum atomic E-state index is -0.0526. The van der Waals surface area contributed by atoms with E-state index in [4.69, 9.17) is 20.3 Å². The van der Waals surface area contributed by atoms with E-state index in [9.17, 15) is 0 Å². The van der Waals surface area contributed by atoms with Gasteiger partial charge in [-0.3, -0.25) is 4.99 Å². The van der Waals surface area contributed by atoms with Gasteiger partial charge in [0, 0.05) is 11.6 Å². The summed E-state index contributed by atoms with van der Waals surface area (Å²) in [6, 6.07) is 15.4. The van der Waals surface area contributed by atoms with Crippen LogP contribution in [0, 0.1) is 0 Å². The quantitative estimate of drug-likeness (QED) is 0.572. The zero-order chi connectivity index (χ0) is 20.6. The van der Waals surface area contributed by atoms with E-state index >= 15 is 0 Å². The van der Waals surface area contributed by atoms with Crippen LogP contribution >= 0.6 is 0 Å². The Hall–Kier alpha value is -3.74. The summed E-state index contributed by atoms with van der Waals surface area (Å²) in [6.07, 6.45) is 11.3. The molecule has 0 saturated carbocycles. The van der Waals surface area contributed by atoms with Gasteiger partial charge in [-0.05, 0) is 31.2 Å². The molecule has 0 aromatic heterocycles. The van der Waals surface area contributed by atoms with Gasteiger partial charge in [0.05, 0.1) is 19.0 Å². The predicted molar refractivity (Wildman–Crippen MR) is 117 cm³/mol. The summed E-state index contributed by atoms with van der Waals surface area (Å²) in [7, 11) is 0. The molecular weight excluding hydrogens is 376 g/mol. The lowest BCUT2D eigenvalue weighted by atomic mass is 10.0. The molecule has 0 radical (unpaired) electrons. The van der Waals surface area contributed by atoms with Crippen molar-refractivity contribution in [3.8, 4) is 17.2 Å². The number of amidine groups is 1. The number of rotatable bonds is 6. The van der Waals surface area contributed by atoms with Crippen molar-refractivity contribution in [3.05, 3.63) is 102 Å². The fraction of sp³-hybridized carbons (Fsp3) is 0.0833. The van der Waals surface area contributed by atoms with Crippen molar-refractivity contribution in [2.75, 3.05) is 6.61 Å². The summed E-state index contributed by atoms with van der Waals surface area (Å²) in [4.78, 5) is 9.18.